The first-order valence-corrected chi connectivity index (χ1v) is 7.31. The Morgan fingerprint density at radius 1 is 1.48 bits per heavy atom. The number of nitrogens with zero attached hydrogens (tertiary/aromatic N) is 3. The van der Waals surface area contributed by atoms with Gasteiger partial charge in [-0.25, -0.2) is 9.97 Å². The number of imidazole rings is 1. The zero-order valence-corrected chi connectivity index (χ0v) is 14.5. The Balaban J connectivity index is 0.00000110. The van der Waals surface area contributed by atoms with Gasteiger partial charge in [-0.2, -0.15) is 0 Å². The van der Waals surface area contributed by atoms with Gasteiger partial charge in [0.1, 0.15) is 0 Å². The number of rotatable bonds is 4. The van der Waals surface area contributed by atoms with Crippen LogP contribution in [0.4, 0.5) is 0 Å². The standard InChI is InChI=1S/C13H18N4OS.2ClH/c1-9-16-11(7-19-9)6-18-5-10-3-14-4-12-13(10)17(2)8-15-12;;/h7-8,10,14H,3-6H2,1-2H3;2*1H. The minimum atomic E-state index is 0. The van der Waals surface area contributed by atoms with Gasteiger partial charge in [0.2, 0.25) is 0 Å². The molecule has 0 amide bonds. The Kier molecular flexibility index (Phi) is 7.09. The van der Waals surface area contributed by atoms with Crippen LogP contribution in [0.5, 0.6) is 0 Å². The largest absolute Gasteiger partial charge is 0.374 e. The van der Waals surface area contributed by atoms with E-state index in [9.17, 15) is 0 Å². The van der Waals surface area contributed by atoms with Gasteiger partial charge < -0.3 is 14.6 Å². The fourth-order valence-corrected chi connectivity index (χ4v) is 3.12. The Labute approximate surface area is 141 Å². The van der Waals surface area contributed by atoms with Crippen molar-refractivity contribution in [1.82, 2.24) is 19.9 Å². The molecule has 3 heterocycles. The Bertz CT molecular complexity index is 572. The summed E-state index contributed by atoms with van der Waals surface area (Å²) in [7, 11) is 2.05. The van der Waals surface area contributed by atoms with Crippen LogP contribution in [0.3, 0.4) is 0 Å². The van der Waals surface area contributed by atoms with Gasteiger partial charge in [0.25, 0.3) is 0 Å². The summed E-state index contributed by atoms with van der Waals surface area (Å²) in [5.74, 6) is 0.371. The molecular weight excluding hydrogens is 331 g/mol. The molecule has 5 nitrogen and oxygen atoms in total. The third-order valence-electron chi connectivity index (χ3n) is 3.37. The van der Waals surface area contributed by atoms with Crippen molar-refractivity contribution in [2.75, 3.05) is 13.2 Å². The average molecular weight is 351 g/mol. The molecule has 2 aromatic heterocycles. The molecular formula is C13H20Cl2N4OS. The highest BCUT2D eigenvalue weighted by Gasteiger charge is 2.24. The zero-order valence-electron chi connectivity index (χ0n) is 12.0. The molecule has 0 fully saturated rings. The molecule has 0 aliphatic carbocycles. The number of thiazole rings is 1. The maximum atomic E-state index is 5.82. The lowest BCUT2D eigenvalue weighted by molar-refractivity contribution is 0.101. The van der Waals surface area contributed by atoms with Crippen molar-refractivity contribution in [3.63, 3.8) is 0 Å². The number of hydrogen-bond acceptors (Lipinski definition) is 5. The van der Waals surface area contributed by atoms with Crippen LogP contribution in [0.2, 0.25) is 0 Å². The van der Waals surface area contributed by atoms with Crippen LogP contribution in [-0.4, -0.2) is 27.7 Å². The first-order valence-electron chi connectivity index (χ1n) is 6.43. The molecule has 21 heavy (non-hydrogen) atoms. The maximum Gasteiger partial charge on any atom is 0.0949 e. The summed E-state index contributed by atoms with van der Waals surface area (Å²) >= 11 is 1.67. The maximum absolute atomic E-state index is 5.82. The second kappa shape index (κ2) is 8.10. The van der Waals surface area contributed by atoms with Crippen molar-refractivity contribution in [2.24, 2.45) is 7.05 Å². The lowest BCUT2D eigenvalue weighted by Gasteiger charge is -2.24. The van der Waals surface area contributed by atoms with E-state index in [2.05, 4.69) is 25.2 Å². The summed E-state index contributed by atoms with van der Waals surface area (Å²) < 4.78 is 7.93. The summed E-state index contributed by atoms with van der Waals surface area (Å²) in [6.07, 6.45) is 1.88. The highest BCUT2D eigenvalue weighted by molar-refractivity contribution is 7.09. The molecule has 1 aliphatic rings. The highest BCUT2D eigenvalue weighted by Crippen LogP contribution is 2.23. The van der Waals surface area contributed by atoms with Crippen LogP contribution in [0.25, 0.3) is 0 Å². The van der Waals surface area contributed by atoms with E-state index < -0.39 is 0 Å². The summed E-state index contributed by atoms with van der Waals surface area (Å²) in [5, 5.41) is 6.54. The van der Waals surface area contributed by atoms with Crippen molar-refractivity contribution >= 4 is 36.2 Å². The number of halogens is 2. The number of aromatic nitrogens is 3. The van der Waals surface area contributed by atoms with Gasteiger partial charge in [-0.15, -0.1) is 36.2 Å². The monoisotopic (exact) mass is 350 g/mol. The van der Waals surface area contributed by atoms with Crippen LogP contribution in [0, 0.1) is 6.92 Å². The van der Waals surface area contributed by atoms with Gasteiger partial charge in [-0.1, -0.05) is 0 Å². The highest BCUT2D eigenvalue weighted by atomic mass is 35.5. The Morgan fingerprint density at radius 2 is 2.29 bits per heavy atom. The molecule has 0 spiro atoms. The number of fused-ring (bicyclic) bond motifs is 1. The number of nitrogens with one attached hydrogen (secondary N) is 1. The first-order chi connectivity index (χ1) is 9.24. The fourth-order valence-electron chi connectivity index (χ4n) is 2.53. The van der Waals surface area contributed by atoms with Crippen molar-refractivity contribution in [1.29, 1.82) is 0 Å². The van der Waals surface area contributed by atoms with E-state index in [-0.39, 0.29) is 24.8 Å². The Morgan fingerprint density at radius 3 is 3.00 bits per heavy atom. The smallest absolute Gasteiger partial charge is 0.0949 e. The number of ether oxygens (including phenoxy) is 1. The van der Waals surface area contributed by atoms with Crippen molar-refractivity contribution in [2.45, 2.75) is 26.0 Å². The minimum Gasteiger partial charge on any atom is -0.374 e. The molecule has 0 saturated carbocycles. The summed E-state index contributed by atoms with van der Waals surface area (Å²) in [4.78, 5) is 8.82. The zero-order chi connectivity index (χ0) is 13.2. The van der Waals surface area contributed by atoms with Crippen LogP contribution < -0.4 is 5.32 Å². The topological polar surface area (TPSA) is 52.0 Å². The average Bonchev–Trinajstić information content (AvgIpc) is 2.97. The molecule has 1 atom stereocenters. The van der Waals surface area contributed by atoms with E-state index in [0.29, 0.717) is 19.1 Å². The predicted octanol–water partition coefficient (Wildman–Crippen LogP) is 2.43. The van der Waals surface area contributed by atoms with Crippen LogP contribution in [0.1, 0.15) is 28.0 Å². The molecule has 0 aromatic carbocycles. The summed E-state index contributed by atoms with van der Waals surface area (Å²) in [6, 6.07) is 0. The normalized spacial score (nSPS) is 16.8. The molecule has 0 radical (unpaired) electrons. The lowest BCUT2D eigenvalue weighted by Crippen LogP contribution is -2.31. The van der Waals surface area contributed by atoms with E-state index in [4.69, 9.17) is 4.74 Å². The first kappa shape index (κ1) is 18.4. The van der Waals surface area contributed by atoms with Crippen molar-refractivity contribution < 1.29 is 4.74 Å². The SMILES string of the molecule is Cc1nc(COCC2CNCc3ncn(C)c32)cs1.Cl.Cl. The van der Waals surface area contributed by atoms with Gasteiger partial charge in [-0.05, 0) is 6.92 Å². The minimum absolute atomic E-state index is 0. The van der Waals surface area contributed by atoms with Gasteiger partial charge in [0, 0.05) is 37.1 Å². The third-order valence-corrected chi connectivity index (χ3v) is 4.19. The molecule has 1 N–H and O–H groups in total. The van der Waals surface area contributed by atoms with E-state index in [1.54, 1.807) is 11.3 Å². The van der Waals surface area contributed by atoms with E-state index in [1.807, 2.05) is 20.3 Å². The molecule has 3 rings (SSSR count). The molecule has 118 valence electrons. The van der Waals surface area contributed by atoms with E-state index in [1.165, 1.54) is 5.69 Å². The second-order valence-corrected chi connectivity index (χ2v) is 5.95. The van der Waals surface area contributed by atoms with Gasteiger partial charge in [0.15, 0.2) is 0 Å². The summed E-state index contributed by atoms with van der Waals surface area (Å²) in [6.45, 7) is 5.12. The van der Waals surface area contributed by atoms with Gasteiger partial charge in [-0.3, -0.25) is 0 Å². The lowest BCUT2D eigenvalue weighted by atomic mass is 10.0. The van der Waals surface area contributed by atoms with Gasteiger partial charge >= 0.3 is 0 Å². The van der Waals surface area contributed by atoms with E-state index in [0.717, 1.165) is 29.5 Å². The molecule has 1 aliphatic heterocycles. The fraction of sp³-hybridized carbons (Fsp3) is 0.538. The molecule has 2 aromatic rings. The van der Waals surface area contributed by atoms with Crippen LogP contribution >= 0.6 is 36.2 Å². The third kappa shape index (κ3) is 4.17. The van der Waals surface area contributed by atoms with E-state index >= 15 is 0 Å². The van der Waals surface area contributed by atoms with Crippen LogP contribution in [-0.2, 0) is 24.9 Å². The molecule has 0 saturated heterocycles. The molecule has 1 unspecified atom stereocenters. The second-order valence-electron chi connectivity index (χ2n) is 4.89. The summed E-state index contributed by atoms with van der Waals surface area (Å²) in [5.41, 5.74) is 3.47. The Hall–Kier alpha value is -0.660. The molecule has 8 heteroatoms. The van der Waals surface area contributed by atoms with Crippen molar-refractivity contribution in [3.05, 3.63) is 33.8 Å². The van der Waals surface area contributed by atoms with Crippen LogP contribution in [0.15, 0.2) is 11.7 Å². The molecule has 0 bridgehead atoms. The quantitative estimate of drug-likeness (QED) is 0.919. The number of aryl methyl sites for hydroxylation is 2. The predicted molar refractivity (Wildman–Crippen MR) is 88.7 cm³/mol. The number of hydrogen-bond donors (Lipinski definition) is 1. The van der Waals surface area contributed by atoms with Gasteiger partial charge in [0.05, 0.1) is 35.9 Å². The van der Waals surface area contributed by atoms with Crippen molar-refractivity contribution in [3.8, 4) is 0 Å².